The second-order valence-corrected chi connectivity index (χ2v) is 4.46. The van der Waals surface area contributed by atoms with Gasteiger partial charge in [-0.1, -0.05) is 12.1 Å². The van der Waals surface area contributed by atoms with Crippen molar-refractivity contribution < 1.29 is 9.15 Å². The highest BCUT2D eigenvalue weighted by Crippen LogP contribution is 2.25. The number of rotatable bonds is 5. The van der Waals surface area contributed by atoms with Crippen molar-refractivity contribution in [3.8, 4) is 17.1 Å². The molecule has 0 fully saturated rings. The largest absolute Gasteiger partial charge is 0.497 e. The number of halogens is 1. The first-order valence-electron chi connectivity index (χ1n) is 5.74. The van der Waals surface area contributed by atoms with E-state index < -0.39 is 0 Å². The average molecular weight is 327 g/mol. The number of benzene rings is 1. The van der Waals surface area contributed by atoms with Crippen molar-refractivity contribution in [2.45, 2.75) is 5.75 Å². The van der Waals surface area contributed by atoms with Crippen LogP contribution in [0.4, 0.5) is 0 Å². The first kappa shape index (κ1) is 17.1. The number of guanidine groups is 1. The van der Waals surface area contributed by atoms with Crippen LogP contribution in [0, 0.1) is 0 Å². The molecule has 0 atom stereocenters. The molecule has 21 heavy (non-hydrogen) atoms. The van der Waals surface area contributed by atoms with Gasteiger partial charge in [-0.2, -0.15) is 4.40 Å². The number of ether oxygens (including phenoxy) is 1. The van der Waals surface area contributed by atoms with E-state index >= 15 is 0 Å². The molecule has 0 saturated carbocycles. The minimum Gasteiger partial charge on any atom is -0.497 e. The van der Waals surface area contributed by atoms with Gasteiger partial charge in [0.1, 0.15) is 5.75 Å². The van der Waals surface area contributed by atoms with Gasteiger partial charge in [0.2, 0.25) is 11.9 Å². The normalized spacial score (nSPS) is 10.8. The van der Waals surface area contributed by atoms with Crippen LogP contribution in [0.5, 0.6) is 5.75 Å². The zero-order chi connectivity index (χ0) is 14.4. The lowest BCUT2D eigenvalue weighted by Gasteiger charge is -2.01. The van der Waals surface area contributed by atoms with Crippen LogP contribution >= 0.6 is 24.4 Å². The molecule has 8 heteroatoms. The van der Waals surface area contributed by atoms with E-state index in [1.165, 1.54) is 11.9 Å². The molecule has 1 heterocycles. The van der Waals surface area contributed by atoms with Gasteiger partial charge in [0.25, 0.3) is 0 Å². The Hall–Kier alpha value is -1.99. The molecule has 0 spiro atoms. The molecular formula is C13H15ClN4O2S. The predicted octanol–water partition coefficient (Wildman–Crippen LogP) is 2.94. The summed E-state index contributed by atoms with van der Waals surface area (Å²) in [6, 6.07) is 7.58. The van der Waals surface area contributed by atoms with Gasteiger partial charge in [0, 0.05) is 5.56 Å². The van der Waals surface area contributed by atoms with Crippen LogP contribution in [0.25, 0.3) is 11.3 Å². The summed E-state index contributed by atoms with van der Waals surface area (Å²) in [5, 5.41) is 0. The highest BCUT2D eigenvalue weighted by atomic mass is 35.5. The Morgan fingerprint density at radius 1 is 1.52 bits per heavy atom. The first-order valence-corrected chi connectivity index (χ1v) is 6.68. The molecule has 0 aliphatic heterocycles. The zero-order valence-electron chi connectivity index (χ0n) is 11.4. The SMILES string of the molecule is C=NC(N)=NSCc1ncc(-c2cccc(OC)c2)o1.Cl. The molecule has 6 nitrogen and oxygen atoms in total. The van der Waals surface area contributed by atoms with Crippen LogP contribution in [-0.4, -0.2) is 24.8 Å². The summed E-state index contributed by atoms with van der Waals surface area (Å²) in [6.07, 6.45) is 1.67. The quantitative estimate of drug-likeness (QED) is 0.518. The van der Waals surface area contributed by atoms with Crippen molar-refractivity contribution in [1.82, 2.24) is 4.98 Å². The predicted molar refractivity (Wildman–Crippen MR) is 88.2 cm³/mol. The van der Waals surface area contributed by atoms with Crippen molar-refractivity contribution in [1.29, 1.82) is 0 Å². The van der Waals surface area contributed by atoms with Crippen LogP contribution in [0.2, 0.25) is 0 Å². The van der Waals surface area contributed by atoms with E-state index in [0.717, 1.165) is 11.3 Å². The maximum Gasteiger partial charge on any atom is 0.226 e. The number of hydrogen-bond donors (Lipinski definition) is 1. The molecule has 1 aromatic heterocycles. The monoisotopic (exact) mass is 326 g/mol. The Morgan fingerprint density at radius 3 is 3.05 bits per heavy atom. The standard InChI is InChI=1S/C13H14N4O2S.ClH/c1-15-13(14)17-20-8-12-16-7-11(19-12)9-4-3-5-10(6-9)18-2;/h3-7H,1,8H2,2H3,(H2,14,17);1H. The molecule has 0 amide bonds. The van der Waals surface area contributed by atoms with E-state index in [1.807, 2.05) is 24.3 Å². The molecule has 1 aromatic carbocycles. The highest BCUT2D eigenvalue weighted by molar-refractivity contribution is 7.97. The minimum atomic E-state index is 0. The van der Waals surface area contributed by atoms with Crippen molar-refractivity contribution in [2.24, 2.45) is 15.1 Å². The van der Waals surface area contributed by atoms with Crippen molar-refractivity contribution in [3.63, 3.8) is 0 Å². The zero-order valence-corrected chi connectivity index (χ0v) is 13.0. The summed E-state index contributed by atoms with van der Waals surface area (Å²) < 4.78 is 14.7. The van der Waals surface area contributed by atoms with Crippen LogP contribution in [0.1, 0.15) is 5.89 Å². The van der Waals surface area contributed by atoms with Gasteiger partial charge in [-0.3, -0.25) is 0 Å². The molecule has 0 aliphatic carbocycles. The van der Waals surface area contributed by atoms with E-state index in [9.17, 15) is 0 Å². The number of methoxy groups -OCH3 is 1. The third-order valence-electron chi connectivity index (χ3n) is 2.42. The van der Waals surface area contributed by atoms with Crippen molar-refractivity contribution in [3.05, 3.63) is 36.4 Å². The van der Waals surface area contributed by atoms with E-state index in [1.54, 1.807) is 13.3 Å². The molecule has 0 saturated heterocycles. The van der Waals surface area contributed by atoms with Crippen LogP contribution in [-0.2, 0) is 5.75 Å². The van der Waals surface area contributed by atoms with Gasteiger partial charge >= 0.3 is 0 Å². The van der Waals surface area contributed by atoms with Gasteiger partial charge in [0.15, 0.2) is 5.76 Å². The Balaban J connectivity index is 0.00000220. The number of aliphatic imine (C=N–C) groups is 1. The van der Waals surface area contributed by atoms with Gasteiger partial charge in [-0.05, 0) is 30.8 Å². The number of oxazole rings is 1. The average Bonchev–Trinajstić information content (AvgIpc) is 2.96. The summed E-state index contributed by atoms with van der Waals surface area (Å²) >= 11 is 1.20. The highest BCUT2D eigenvalue weighted by Gasteiger charge is 2.07. The summed E-state index contributed by atoms with van der Waals surface area (Å²) in [5.74, 6) is 2.62. The number of aromatic nitrogens is 1. The van der Waals surface area contributed by atoms with E-state index in [0.29, 0.717) is 17.4 Å². The maximum absolute atomic E-state index is 5.64. The van der Waals surface area contributed by atoms with Crippen LogP contribution in [0.15, 0.2) is 44.3 Å². The Labute approximate surface area is 133 Å². The third-order valence-corrected chi connectivity index (χ3v) is 3.11. The fourth-order valence-corrected chi connectivity index (χ4v) is 1.97. The Bertz CT molecular complexity index is 630. The smallest absolute Gasteiger partial charge is 0.226 e. The maximum atomic E-state index is 5.64. The molecule has 2 N–H and O–H groups in total. The van der Waals surface area contributed by atoms with Gasteiger partial charge in [-0.15, -0.1) is 12.4 Å². The lowest BCUT2D eigenvalue weighted by molar-refractivity contribution is 0.414. The number of nitrogens with zero attached hydrogens (tertiary/aromatic N) is 3. The van der Waals surface area contributed by atoms with Gasteiger partial charge in [-0.25, -0.2) is 9.98 Å². The van der Waals surface area contributed by atoms with Crippen molar-refractivity contribution in [2.75, 3.05) is 7.11 Å². The second-order valence-electron chi connectivity index (χ2n) is 3.73. The molecule has 2 aromatic rings. The van der Waals surface area contributed by atoms with Crippen LogP contribution in [0.3, 0.4) is 0 Å². The summed E-state index contributed by atoms with van der Waals surface area (Å²) in [6.45, 7) is 3.28. The lowest BCUT2D eigenvalue weighted by atomic mass is 10.2. The number of nitrogens with two attached hydrogens (primary N) is 1. The molecule has 0 unspecified atom stereocenters. The lowest BCUT2D eigenvalue weighted by Crippen LogP contribution is -2.05. The summed E-state index contributed by atoms with van der Waals surface area (Å²) in [7, 11) is 1.62. The van der Waals surface area contributed by atoms with E-state index in [4.69, 9.17) is 14.9 Å². The van der Waals surface area contributed by atoms with Crippen LogP contribution < -0.4 is 10.5 Å². The Kier molecular flexibility index (Phi) is 6.77. The number of hydrogen-bond acceptors (Lipinski definition) is 5. The summed E-state index contributed by atoms with van der Waals surface area (Å²) in [5.41, 5.74) is 6.31. The third kappa shape index (κ3) is 4.80. The molecule has 0 radical (unpaired) electrons. The molecule has 112 valence electrons. The minimum absolute atomic E-state index is 0. The molecular weight excluding hydrogens is 312 g/mol. The molecule has 0 bridgehead atoms. The molecule has 2 rings (SSSR count). The van der Waals surface area contributed by atoms with Gasteiger partial charge < -0.3 is 14.9 Å². The summed E-state index contributed by atoms with van der Waals surface area (Å²) in [4.78, 5) is 7.67. The molecule has 0 aliphatic rings. The Morgan fingerprint density at radius 2 is 2.33 bits per heavy atom. The van der Waals surface area contributed by atoms with Crippen molar-refractivity contribution >= 4 is 37.0 Å². The second kappa shape index (κ2) is 8.33. The van der Waals surface area contributed by atoms with E-state index in [2.05, 4.69) is 21.1 Å². The first-order chi connectivity index (χ1) is 9.72. The topological polar surface area (TPSA) is 86.0 Å². The fourth-order valence-electron chi connectivity index (χ4n) is 1.47. The fraction of sp³-hybridized carbons (Fsp3) is 0.154. The van der Waals surface area contributed by atoms with Gasteiger partial charge in [0.05, 0.1) is 19.1 Å². The van der Waals surface area contributed by atoms with E-state index in [-0.39, 0.29) is 18.4 Å².